The van der Waals surface area contributed by atoms with Crippen LogP contribution in [0.15, 0.2) is 52.0 Å². The summed E-state index contributed by atoms with van der Waals surface area (Å²) < 4.78 is 2.11. The second kappa shape index (κ2) is 6.84. The Bertz CT molecular complexity index is 1110. The second-order valence-electron chi connectivity index (χ2n) is 6.07. The number of fused-ring (bicyclic) bond motifs is 1. The van der Waals surface area contributed by atoms with Crippen LogP contribution in [0.5, 0.6) is 0 Å². The minimum Gasteiger partial charge on any atom is -0.335 e. The first-order valence-electron chi connectivity index (χ1n) is 8.14. The number of hydrogen-bond acceptors (Lipinski definition) is 6. The van der Waals surface area contributed by atoms with Crippen LogP contribution in [0.1, 0.15) is 5.56 Å². The van der Waals surface area contributed by atoms with E-state index in [0.717, 1.165) is 16.9 Å². The van der Waals surface area contributed by atoms with E-state index in [1.54, 1.807) is 31.6 Å². The van der Waals surface area contributed by atoms with Gasteiger partial charge in [-0.1, -0.05) is 0 Å². The number of anilines is 5. The Hall–Kier alpha value is -3.20. The van der Waals surface area contributed by atoms with Crippen molar-refractivity contribution in [3.63, 3.8) is 0 Å². The van der Waals surface area contributed by atoms with E-state index in [-0.39, 0.29) is 11.5 Å². The van der Waals surface area contributed by atoms with Crippen LogP contribution < -0.4 is 21.5 Å². The highest BCUT2D eigenvalue weighted by Gasteiger charge is 2.17. The van der Waals surface area contributed by atoms with Crippen LogP contribution in [-0.4, -0.2) is 20.4 Å². The van der Waals surface area contributed by atoms with E-state index in [4.69, 9.17) is 0 Å². The van der Waals surface area contributed by atoms with Crippen LogP contribution >= 0.6 is 15.9 Å². The largest absolute Gasteiger partial charge is 0.335 e. The summed E-state index contributed by atoms with van der Waals surface area (Å²) >= 11 is 3.39. The second-order valence-corrected chi connectivity index (χ2v) is 6.93. The van der Waals surface area contributed by atoms with Crippen molar-refractivity contribution in [3.05, 3.63) is 63.1 Å². The molecule has 0 bridgehead atoms. The van der Waals surface area contributed by atoms with Gasteiger partial charge in [0.15, 0.2) is 5.82 Å². The minimum absolute atomic E-state index is 0.0158. The van der Waals surface area contributed by atoms with Gasteiger partial charge < -0.3 is 20.5 Å². The summed E-state index contributed by atoms with van der Waals surface area (Å²) in [5.41, 5.74) is 2.77. The molecule has 2 aromatic heterocycles. The van der Waals surface area contributed by atoms with Gasteiger partial charge in [-0.3, -0.25) is 9.59 Å². The van der Waals surface area contributed by atoms with Crippen LogP contribution in [-0.2, 0) is 18.3 Å². The number of halogens is 1. The Morgan fingerprint density at radius 1 is 1.22 bits per heavy atom. The summed E-state index contributed by atoms with van der Waals surface area (Å²) in [4.78, 5) is 32.3. The summed E-state index contributed by atoms with van der Waals surface area (Å²) in [6, 6.07) is 9.04. The zero-order chi connectivity index (χ0) is 19.0. The first-order chi connectivity index (χ1) is 13.0. The zero-order valence-electron chi connectivity index (χ0n) is 14.3. The van der Waals surface area contributed by atoms with Crippen LogP contribution in [0.3, 0.4) is 0 Å². The van der Waals surface area contributed by atoms with Crippen molar-refractivity contribution in [1.82, 2.24) is 14.5 Å². The van der Waals surface area contributed by atoms with E-state index >= 15 is 0 Å². The molecule has 0 spiro atoms. The van der Waals surface area contributed by atoms with Gasteiger partial charge in [-0.15, -0.1) is 0 Å². The smallest absolute Gasteiger partial charge is 0.274 e. The Labute approximate surface area is 162 Å². The molecule has 3 aromatic rings. The average molecular weight is 427 g/mol. The summed E-state index contributed by atoms with van der Waals surface area (Å²) in [6.07, 6.45) is 3.64. The van der Waals surface area contributed by atoms with Gasteiger partial charge in [-0.25, -0.2) is 4.98 Å². The molecule has 0 radical (unpaired) electrons. The number of hydrogen-bond donors (Lipinski definition) is 3. The highest BCUT2D eigenvalue weighted by molar-refractivity contribution is 9.10. The minimum atomic E-state index is -0.159. The third-order valence-electron chi connectivity index (χ3n) is 4.11. The van der Waals surface area contributed by atoms with Crippen molar-refractivity contribution in [2.45, 2.75) is 6.42 Å². The van der Waals surface area contributed by atoms with Crippen LogP contribution in [0.25, 0.3) is 0 Å². The molecule has 0 saturated carbocycles. The number of pyridine rings is 1. The van der Waals surface area contributed by atoms with Crippen molar-refractivity contribution in [1.29, 1.82) is 0 Å². The van der Waals surface area contributed by atoms with E-state index < -0.39 is 0 Å². The highest BCUT2D eigenvalue weighted by Crippen LogP contribution is 2.28. The molecule has 1 aromatic carbocycles. The molecule has 0 unspecified atom stereocenters. The Kier molecular flexibility index (Phi) is 4.36. The first-order valence-corrected chi connectivity index (χ1v) is 8.94. The number of carbonyl (C=O) groups excluding carboxylic acids is 1. The molecule has 0 aliphatic carbocycles. The SMILES string of the molecule is Cn1cccc(Nc2nc(Nc3ccc4c(c3)CC(=O)N4)ncc2Br)c1=O. The fraction of sp³-hybridized carbons (Fsp3) is 0.111. The number of aryl methyl sites for hydroxylation is 1. The lowest BCUT2D eigenvalue weighted by atomic mass is 10.1. The molecule has 9 heteroatoms. The van der Waals surface area contributed by atoms with Crippen molar-refractivity contribution in [2.75, 3.05) is 16.0 Å². The van der Waals surface area contributed by atoms with E-state index in [1.807, 2.05) is 18.2 Å². The molecular formula is C18H15BrN6O2. The molecule has 0 fully saturated rings. The predicted octanol–water partition coefficient (Wildman–Crippen LogP) is 2.92. The van der Waals surface area contributed by atoms with Crippen molar-refractivity contribution in [2.24, 2.45) is 7.05 Å². The van der Waals surface area contributed by atoms with E-state index in [9.17, 15) is 9.59 Å². The monoisotopic (exact) mass is 426 g/mol. The molecule has 1 amide bonds. The molecule has 1 aliphatic heterocycles. The van der Waals surface area contributed by atoms with Crippen LogP contribution in [0.2, 0.25) is 0 Å². The normalized spacial score (nSPS) is 12.4. The third-order valence-corrected chi connectivity index (χ3v) is 4.69. The number of carbonyl (C=O) groups is 1. The molecule has 3 heterocycles. The number of nitrogens with one attached hydrogen (secondary N) is 3. The van der Waals surface area contributed by atoms with E-state index in [2.05, 4.69) is 41.8 Å². The van der Waals surface area contributed by atoms with Crippen molar-refractivity contribution >= 4 is 50.7 Å². The number of rotatable bonds is 4. The van der Waals surface area contributed by atoms with Gasteiger partial charge in [0.2, 0.25) is 11.9 Å². The third kappa shape index (κ3) is 3.54. The summed E-state index contributed by atoms with van der Waals surface area (Å²) in [6.45, 7) is 0. The summed E-state index contributed by atoms with van der Waals surface area (Å²) in [5.74, 6) is 0.817. The molecule has 136 valence electrons. The molecule has 8 nitrogen and oxygen atoms in total. The number of nitrogens with zero attached hydrogens (tertiary/aromatic N) is 3. The maximum Gasteiger partial charge on any atom is 0.274 e. The fourth-order valence-electron chi connectivity index (χ4n) is 2.77. The maximum absolute atomic E-state index is 12.2. The molecular weight excluding hydrogens is 412 g/mol. The van der Waals surface area contributed by atoms with Gasteiger partial charge in [-0.2, -0.15) is 4.98 Å². The van der Waals surface area contributed by atoms with Gasteiger partial charge in [0.1, 0.15) is 5.69 Å². The Morgan fingerprint density at radius 3 is 2.93 bits per heavy atom. The van der Waals surface area contributed by atoms with Crippen molar-refractivity contribution in [3.8, 4) is 0 Å². The number of benzene rings is 1. The first kappa shape index (κ1) is 17.2. The summed E-state index contributed by atoms with van der Waals surface area (Å²) in [5, 5.41) is 8.95. The van der Waals surface area contributed by atoms with Gasteiger partial charge in [0, 0.05) is 30.8 Å². The molecule has 1 aliphatic rings. The zero-order valence-corrected chi connectivity index (χ0v) is 15.9. The summed E-state index contributed by atoms with van der Waals surface area (Å²) in [7, 11) is 1.68. The topological polar surface area (TPSA) is 101 Å². The lowest BCUT2D eigenvalue weighted by Gasteiger charge is -2.11. The lowest BCUT2D eigenvalue weighted by molar-refractivity contribution is -0.115. The van der Waals surface area contributed by atoms with Gasteiger partial charge in [0.05, 0.1) is 10.9 Å². The Morgan fingerprint density at radius 2 is 2.07 bits per heavy atom. The highest BCUT2D eigenvalue weighted by atomic mass is 79.9. The van der Waals surface area contributed by atoms with Gasteiger partial charge in [0.25, 0.3) is 5.56 Å². The van der Waals surface area contributed by atoms with E-state index in [0.29, 0.717) is 28.3 Å². The molecule has 0 atom stereocenters. The van der Waals surface area contributed by atoms with Crippen LogP contribution in [0, 0.1) is 0 Å². The van der Waals surface area contributed by atoms with Gasteiger partial charge in [-0.05, 0) is 51.8 Å². The predicted molar refractivity (Wildman–Crippen MR) is 107 cm³/mol. The Balaban J connectivity index is 1.59. The lowest BCUT2D eigenvalue weighted by Crippen LogP contribution is -2.19. The average Bonchev–Trinajstić information content (AvgIpc) is 3.01. The quantitative estimate of drug-likeness (QED) is 0.592. The van der Waals surface area contributed by atoms with Crippen LogP contribution in [0.4, 0.5) is 28.8 Å². The van der Waals surface area contributed by atoms with Gasteiger partial charge >= 0.3 is 0 Å². The number of amides is 1. The molecule has 0 saturated heterocycles. The molecule has 4 rings (SSSR count). The standard InChI is InChI=1S/C18H15BrN6O2/c1-25-6-2-3-14(17(25)27)23-16-12(19)9-20-18(24-16)21-11-4-5-13-10(7-11)8-15(26)22-13/h2-7,9H,8H2,1H3,(H,22,26)(H2,20,21,23,24). The number of aromatic nitrogens is 3. The fourth-order valence-corrected chi connectivity index (χ4v) is 3.06. The molecule has 27 heavy (non-hydrogen) atoms. The maximum atomic E-state index is 12.2. The van der Waals surface area contributed by atoms with Crippen molar-refractivity contribution < 1.29 is 4.79 Å². The molecule has 3 N–H and O–H groups in total. The van der Waals surface area contributed by atoms with E-state index in [1.165, 1.54) is 4.57 Å².